The molecule has 11 heavy (non-hydrogen) atoms. The molecule has 1 saturated heterocycles. The Hall–Kier alpha value is -0.830. The highest BCUT2D eigenvalue weighted by Gasteiger charge is 2.17. The number of rotatable bonds is 1. The highest BCUT2D eigenvalue weighted by molar-refractivity contribution is 5.82. The average molecular weight is 156 g/mol. The molecule has 62 valence electrons. The third kappa shape index (κ3) is 2.05. The summed E-state index contributed by atoms with van der Waals surface area (Å²) in [6.45, 7) is 3.31. The van der Waals surface area contributed by atoms with Crippen molar-refractivity contribution in [2.45, 2.75) is 6.92 Å². The van der Waals surface area contributed by atoms with Crippen LogP contribution in [-0.2, 0) is 14.3 Å². The number of carbonyl (C=O) groups is 1. The largest absolute Gasteiger partial charge is 0.466 e. The Morgan fingerprint density at radius 3 is 3.00 bits per heavy atom. The first-order valence-electron chi connectivity index (χ1n) is 3.60. The molecule has 1 aliphatic rings. The fourth-order valence-electron chi connectivity index (χ4n) is 0.997. The average Bonchev–Trinajstić information content (AvgIpc) is 2.37. The minimum absolute atomic E-state index is 0.294. The van der Waals surface area contributed by atoms with Crippen molar-refractivity contribution < 1.29 is 14.3 Å². The Morgan fingerprint density at radius 1 is 1.82 bits per heavy atom. The highest BCUT2D eigenvalue weighted by Crippen LogP contribution is 2.18. The van der Waals surface area contributed by atoms with E-state index in [-0.39, 0.29) is 5.97 Å². The maximum absolute atomic E-state index is 10.8. The van der Waals surface area contributed by atoms with Gasteiger partial charge in [0.15, 0.2) is 0 Å². The second-order valence-electron chi connectivity index (χ2n) is 2.66. The maximum Gasteiger partial charge on any atom is 0.330 e. The predicted molar refractivity (Wildman–Crippen MR) is 40.1 cm³/mol. The fourth-order valence-corrected chi connectivity index (χ4v) is 0.997. The molecule has 0 saturated carbocycles. The van der Waals surface area contributed by atoms with E-state index in [1.807, 2.05) is 6.92 Å². The molecule has 0 amide bonds. The summed E-state index contributed by atoms with van der Waals surface area (Å²) < 4.78 is 9.63. The van der Waals surface area contributed by atoms with Crippen LogP contribution < -0.4 is 0 Å². The number of ether oxygens (including phenoxy) is 2. The molecule has 0 bridgehead atoms. The lowest BCUT2D eigenvalue weighted by molar-refractivity contribution is -0.134. The molecule has 1 unspecified atom stereocenters. The Labute approximate surface area is 66.0 Å². The third-order valence-electron chi connectivity index (χ3n) is 1.77. The number of carbonyl (C=O) groups excluding carboxylic acids is 1. The summed E-state index contributed by atoms with van der Waals surface area (Å²) in [7, 11) is 1.37. The third-order valence-corrected chi connectivity index (χ3v) is 1.77. The van der Waals surface area contributed by atoms with Gasteiger partial charge in [-0.25, -0.2) is 4.79 Å². The van der Waals surface area contributed by atoms with Crippen LogP contribution in [0.4, 0.5) is 0 Å². The van der Waals surface area contributed by atoms with Crippen molar-refractivity contribution in [2.75, 3.05) is 20.3 Å². The molecule has 1 rings (SSSR count). The zero-order valence-electron chi connectivity index (χ0n) is 6.79. The van der Waals surface area contributed by atoms with Crippen molar-refractivity contribution in [3.63, 3.8) is 0 Å². The summed E-state index contributed by atoms with van der Waals surface area (Å²) in [6, 6.07) is 0. The van der Waals surface area contributed by atoms with E-state index in [4.69, 9.17) is 4.74 Å². The van der Waals surface area contributed by atoms with Crippen LogP contribution in [0.15, 0.2) is 11.6 Å². The smallest absolute Gasteiger partial charge is 0.330 e. The van der Waals surface area contributed by atoms with Gasteiger partial charge in [-0.15, -0.1) is 0 Å². The van der Waals surface area contributed by atoms with Crippen molar-refractivity contribution >= 4 is 5.97 Å². The van der Waals surface area contributed by atoms with E-state index in [1.54, 1.807) is 0 Å². The van der Waals surface area contributed by atoms with E-state index >= 15 is 0 Å². The van der Waals surface area contributed by atoms with E-state index in [2.05, 4.69) is 4.74 Å². The first kappa shape index (κ1) is 8.27. The summed E-state index contributed by atoms with van der Waals surface area (Å²) in [5.74, 6) is 0.0615. The number of methoxy groups -OCH3 is 1. The molecule has 0 aromatic carbocycles. The van der Waals surface area contributed by atoms with E-state index in [0.717, 1.165) is 5.57 Å². The topological polar surface area (TPSA) is 35.5 Å². The first-order chi connectivity index (χ1) is 5.24. The molecular weight excluding hydrogens is 144 g/mol. The molecule has 1 heterocycles. The predicted octanol–water partition coefficient (Wildman–Crippen LogP) is 0.752. The second-order valence-corrected chi connectivity index (χ2v) is 2.66. The molecule has 1 aliphatic heterocycles. The minimum atomic E-state index is -0.294. The molecule has 0 N–H and O–H groups in total. The Bertz CT molecular complexity index is 184. The molecular formula is C8H12O3. The van der Waals surface area contributed by atoms with Crippen LogP contribution in [0.5, 0.6) is 0 Å². The lowest BCUT2D eigenvalue weighted by Gasteiger charge is -1.99. The van der Waals surface area contributed by atoms with Crippen molar-refractivity contribution in [3.05, 3.63) is 11.6 Å². The molecule has 0 aliphatic carbocycles. The van der Waals surface area contributed by atoms with Gasteiger partial charge < -0.3 is 9.47 Å². The van der Waals surface area contributed by atoms with Crippen LogP contribution in [0.2, 0.25) is 0 Å². The first-order valence-corrected chi connectivity index (χ1v) is 3.60. The quantitative estimate of drug-likeness (QED) is 0.415. The molecule has 3 nitrogen and oxygen atoms in total. The summed E-state index contributed by atoms with van der Waals surface area (Å²) in [6.07, 6.45) is 1.51. The van der Waals surface area contributed by atoms with Gasteiger partial charge in [0.25, 0.3) is 0 Å². The molecule has 1 fully saturated rings. The molecule has 0 aromatic heterocycles. The van der Waals surface area contributed by atoms with Crippen LogP contribution >= 0.6 is 0 Å². The van der Waals surface area contributed by atoms with Crippen molar-refractivity contribution in [2.24, 2.45) is 5.92 Å². The zero-order valence-corrected chi connectivity index (χ0v) is 6.79. The summed E-state index contributed by atoms with van der Waals surface area (Å²) in [5.41, 5.74) is 1.02. The standard InChI is InChI=1S/C8H12O3/c1-6-4-11-5-7(6)3-8(9)10-2/h3,6H,4-5H2,1-2H3/b7-3-. The van der Waals surface area contributed by atoms with Crippen molar-refractivity contribution in [3.8, 4) is 0 Å². The Kier molecular flexibility index (Phi) is 2.65. The molecule has 1 atom stereocenters. The molecule has 3 heteroatoms. The van der Waals surface area contributed by atoms with Crippen LogP contribution in [0, 0.1) is 5.92 Å². The van der Waals surface area contributed by atoms with Gasteiger partial charge in [-0.05, 0) is 5.57 Å². The van der Waals surface area contributed by atoms with Gasteiger partial charge in [-0.2, -0.15) is 0 Å². The number of hydrogen-bond donors (Lipinski definition) is 0. The summed E-state index contributed by atoms with van der Waals surface area (Å²) >= 11 is 0. The lowest BCUT2D eigenvalue weighted by atomic mass is 10.1. The second kappa shape index (κ2) is 3.53. The van der Waals surface area contributed by atoms with Gasteiger partial charge in [0, 0.05) is 12.0 Å². The van der Waals surface area contributed by atoms with Gasteiger partial charge in [0.05, 0.1) is 20.3 Å². The normalized spacial score (nSPS) is 27.5. The zero-order chi connectivity index (χ0) is 8.27. The van der Waals surface area contributed by atoms with E-state index in [0.29, 0.717) is 19.1 Å². The number of hydrogen-bond acceptors (Lipinski definition) is 3. The SMILES string of the molecule is COC(=O)/C=C1/COCC1C. The fraction of sp³-hybridized carbons (Fsp3) is 0.625. The van der Waals surface area contributed by atoms with E-state index in [1.165, 1.54) is 13.2 Å². The molecule has 0 radical (unpaired) electrons. The van der Waals surface area contributed by atoms with Crippen molar-refractivity contribution in [1.29, 1.82) is 0 Å². The Balaban J connectivity index is 2.57. The number of esters is 1. The minimum Gasteiger partial charge on any atom is -0.466 e. The van der Waals surface area contributed by atoms with Crippen molar-refractivity contribution in [1.82, 2.24) is 0 Å². The highest BCUT2D eigenvalue weighted by atomic mass is 16.5. The van der Waals surface area contributed by atoms with Crippen LogP contribution in [-0.4, -0.2) is 26.3 Å². The van der Waals surface area contributed by atoms with Gasteiger partial charge in [-0.3, -0.25) is 0 Å². The van der Waals surface area contributed by atoms with Crippen LogP contribution in [0.1, 0.15) is 6.92 Å². The van der Waals surface area contributed by atoms with Gasteiger partial charge >= 0.3 is 5.97 Å². The molecule has 0 spiro atoms. The van der Waals surface area contributed by atoms with Crippen LogP contribution in [0.25, 0.3) is 0 Å². The van der Waals surface area contributed by atoms with Gasteiger partial charge in [-0.1, -0.05) is 6.92 Å². The molecule has 0 aromatic rings. The summed E-state index contributed by atoms with van der Waals surface area (Å²) in [4.78, 5) is 10.8. The van der Waals surface area contributed by atoms with Gasteiger partial charge in [0.1, 0.15) is 0 Å². The van der Waals surface area contributed by atoms with E-state index < -0.39 is 0 Å². The lowest BCUT2D eigenvalue weighted by Crippen LogP contribution is -2.01. The van der Waals surface area contributed by atoms with Gasteiger partial charge in [0.2, 0.25) is 0 Å². The van der Waals surface area contributed by atoms with Crippen LogP contribution in [0.3, 0.4) is 0 Å². The Morgan fingerprint density at radius 2 is 2.55 bits per heavy atom. The monoisotopic (exact) mass is 156 g/mol. The summed E-state index contributed by atoms with van der Waals surface area (Å²) in [5, 5.41) is 0. The maximum atomic E-state index is 10.8. The van der Waals surface area contributed by atoms with E-state index in [9.17, 15) is 4.79 Å².